The van der Waals surface area contributed by atoms with E-state index in [1.165, 1.54) is 19.1 Å². The fourth-order valence-electron chi connectivity index (χ4n) is 4.57. The largest absolute Gasteiger partial charge is 0.476 e. The van der Waals surface area contributed by atoms with E-state index in [0.717, 1.165) is 17.8 Å². The standard InChI is InChI=1S/C27H37F2N6O8P/c1-6-17(7-2)41-22(36)16(4)34-44(38,43-18-12-10-9-11-13-18)40-14-27(29)23(37)26(5,28)24(42-27)35-15-31-19-20(35)32-25(30)33-21(19)39-8-3/h9-13,15-17,23-24,37H,6-8,14H2,1-5H3,(H,34,38)(H2,30,32,33). The quantitative estimate of drug-likeness (QED) is 0.170. The van der Waals surface area contributed by atoms with Gasteiger partial charge < -0.3 is 29.6 Å². The third-order valence-electron chi connectivity index (χ3n) is 6.97. The monoisotopic (exact) mass is 642 g/mol. The number of aromatic nitrogens is 4. The number of hydrogen-bond donors (Lipinski definition) is 3. The van der Waals surface area contributed by atoms with Crippen LogP contribution in [0.2, 0.25) is 0 Å². The molecule has 4 N–H and O–H groups in total. The molecule has 0 spiro atoms. The average molecular weight is 643 g/mol. The van der Waals surface area contributed by atoms with Crippen LogP contribution in [-0.4, -0.2) is 73.6 Å². The highest BCUT2D eigenvalue weighted by molar-refractivity contribution is 7.52. The van der Waals surface area contributed by atoms with Crippen LogP contribution in [0.5, 0.6) is 11.6 Å². The van der Waals surface area contributed by atoms with Gasteiger partial charge in [-0.3, -0.25) is 13.9 Å². The number of alkyl halides is 2. The Bertz CT molecular complexity index is 1490. The van der Waals surface area contributed by atoms with Crippen molar-refractivity contribution in [2.45, 2.75) is 83.5 Å². The van der Waals surface area contributed by atoms with Crippen molar-refractivity contribution in [1.82, 2.24) is 24.6 Å². The molecule has 6 atom stereocenters. The number of rotatable bonds is 14. The van der Waals surface area contributed by atoms with E-state index in [-0.39, 0.29) is 41.5 Å². The average Bonchev–Trinajstić information content (AvgIpc) is 3.47. The molecule has 3 heterocycles. The van der Waals surface area contributed by atoms with Gasteiger partial charge in [-0.05, 0) is 45.7 Å². The highest BCUT2D eigenvalue weighted by atomic mass is 31.2. The number of ether oxygens (including phenoxy) is 3. The molecule has 0 aliphatic carbocycles. The van der Waals surface area contributed by atoms with Crippen LogP contribution in [0.1, 0.15) is 53.7 Å². The van der Waals surface area contributed by atoms with Crippen LogP contribution in [0.3, 0.4) is 0 Å². The highest BCUT2D eigenvalue weighted by Crippen LogP contribution is 2.52. The number of esters is 1. The number of carbonyl (C=O) groups excluding carboxylic acids is 1. The van der Waals surface area contributed by atoms with E-state index in [9.17, 15) is 14.5 Å². The minimum atomic E-state index is -4.59. The van der Waals surface area contributed by atoms with Gasteiger partial charge >= 0.3 is 13.7 Å². The number of nitrogen functional groups attached to an aromatic ring is 1. The summed E-state index contributed by atoms with van der Waals surface area (Å²) in [7, 11) is -4.59. The van der Waals surface area contributed by atoms with Crippen molar-refractivity contribution in [2.75, 3.05) is 18.9 Å². The molecular weight excluding hydrogens is 605 g/mol. The third-order valence-corrected chi connectivity index (χ3v) is 8.60. The summed E-state index contributed by atoms with van der Waals surface area (Å²) in [5, 5.41) is 13.3. The molecule has 6 unspecified atom stereocenters. The number of hydrogen-bond acceptors (Lipinski definition) is 12. The second-order valence-corrected chi connectivity index (χ2v) is 12.0. The van der Waals surface area contributed by atoms with Gasteiger partial charge in [0.1, 0.15) is 24.5 Å². The number of aliphatic hydroxyl groups is 1. The zero-order valence-electron chi connectivity index (χ0n) is 25.0. The maximum atomic E-state index is 16.3. The highest BCUT2D eigenvalue weighted by Gasteiger charge is 2.65. The molecule has 1 aromatic carbocycles. The summed E-state index contributed by atoms with van der Waals surface area (Å²) in [6, 6.07) is 6.55. The summed E-state index contributed by atoms with van der Waals surface area (Å²) >= 11 is 0. The summed E-state index contributed by atoms with van der Waals surface area (Å²) in [4.78, 5) is 24.9. The first-order valence-electron chi connectivity index (χ1n) is 14.1. The van der Waals surface area contributed by atoms with E-state index in [0.29, 0.717) is 12.8 Å². The number of para-hydroxylation sites is 1. The Morgan fingerprint density at radius 2 is 1.91 bits per heavy atom. The van der Waals surface area contributed by atoms with Crippen LogP contribution in [0, 0.1) is 0 Å². The first kappa shape index (κ1) is 33.5. The first-order valence-corrected chi connectivity index (χ1v) is 15.6. The van der Waals surface area contributed by atoms with Gasteiger partial charge in [0.05, 0.1) is 12.9 Å². The third kappa shape index (κ3) is 6.94. The summed E-state index contributed by atoms with van der Waals surface area (Å²) in [5.74, 6) is -4.15. The maximum absolute atomic E-state index is 16.3. The van der Waals surface area contributed by atoms with Crippen molar-refractivity contribution in [1.29, 1.82) is 0 Å². The van der Waals surface area contributed by atoms with Gasteiger partial charge in [0.15, 0.2) is 29.2 Å². The molecule has 0 saturated carbocycles. The Hall–Kier alpha value is -3.43. The van der Waals surface area contributed by atoms with Gasteiger partial charge in [-0.2, -0.15) is 15.1 Å². The molecule has 1 aliphatic heterocycles. The summed E-state index contributed by atoms with van der Waals surface area (Å²) in [6.07, 6.45) is -2.43. The lowest BCUT2D eigenvalue weighted by Gasteiger charge is -2.28. The molecule has 14 nitrogen and oxygen atoms in total. The number of anilines is 1. The molecule has 242 valence electrons. The van der Waals surface area contributed by atoms with Gasteiger partial charge in [-0.1, -0.05) is 32.0 Å². The van der Waals surface area contributed by atoms with Crippen LogP contribution in [0.4, 0.5) is 14.7 Å². The van der Waals surface area contributed by atoms with Crippen LogP contribution < -0.4 is 20.1 Å². The zero-order valence-corrected chi connectivity index (χ0v) is 25.9. The van der Waals surface area contributed by atoms with Crippen molar-refractivity contribution in [3.8, 4) is 11.6 Å². The number of carbonyl (C=O) groups is 1. The van der Waals surface area contributed by atoms with E-state index in [4.69, 9.17) is 29.0 Å². The Morgan fingerprint density at radius 1 is 1.23 bits per heavy atom. The van der Waals surface area contributed by atoms with E-state index < -0.39 is 50.2 Å². The van der Waals surface area contributed by atoms with Crippen molar-refractivity contribution in [3.63, 3.8) is 0 Å². The van der Waals surface area contributed by atoms with E-state index in [1.807, 2.05) is 13.8 Å². The van der Waals surface area contributed by atoms with Gasteiger partial charge in [-0.25, -0.2) is 18.3 Å². The lowest BCUT2D eigenvalue weighted by atomic mass is 9.97. The summed E-state index contributed by atoms with van der Waals surface area (Å²) in [6.45, 7) is 6.62. The Kier molecular flexibility index (Phi) is 10.1. The molecule has 17 heteroatoms. The minimum Gasteiger partial charge on any atom is -0.476 e. The number of fused-ring (bicyclic) bond motifs is 1. The first-order chi connectivity index (χ1) is 20.8. The minimum absolute atomic E-state index is 0.0182. The molecule has 2 aromatic heterocycles. The molecule has 1 saturated heterocycles. The number of benzene rings is 1. The smallest absolute Gasteiger partial charge is 0.459 e. The number of aliphatic hydroxyl groups excluding tert-OH is 1. The zero-order chi connectivity index (χ0) is 32.3. The molecule has 3 aromatic rings. The Balaban J connectivity index is 1.60. The second-order valence-electron chi connectivity index (χ2n) is 10.4. The van der Waals surface area contributed by atoms with E-state index >= 15 is 8.78 Å². The Labute approximate surface area is 252 Å². The predicted molar refractivity (Wildman–Crippen MR) is 154 cm³/mol. The molecule has 1 aliphatic rings. The van der Waals surface area contributed by atoms with Gasteiger partial charge in [0.2, 0.25) is 11.8 Å². The van der Waals surface area contributed by atoms with Gasteiger partial charge in [-0.15, -0.1) is 0 Å². The predicted octanol–water partition coefficient (Wildman–Crippen LogP) is 4.00. The maximum Gasteiger partial charge on any atom is 0.459 e. The number of nitrogens with zero attached hydrogens (tertiary/aromatic N) is 4. The fourth-order valence-corrected chi connectivity index (χ4v) is 6.08. The van der Waals surface area contributed by atoms with Gasteiger partial charge in [0.25, 0.3) is 5.85 Å². The molecule has 0 amide bonds. The topological polar surface area (TPSA) is 182 Å². The normalized spacial score (nSPS) is 25.6. The molecule has 0 bridgehead atoms. The SMILES string of the molecule is CCOc1nc(N)nc2c1ncn2C1OC(F)(COP(=O)(NC(C)C(=O)OC(CC)CC)Oc2ccccc2)C(O)C1(C)F. The lowest BCUT2D eigenvalue weighted by molar-refractivity contribution is -0.202. The van der Waals surface area contributed by atoms with Crippen molar-refractivity contribution >= 4 is 30.8 Å². The molecule has 1 fully saturated rings. The molecule has 0 radical (unpaired) electrons. The van der Waals surface area contributed by atoms with E-state index in [2.05, 4.69) is 20.0 Å². The Morgan fingerprint density at radius 3 is 2.55 bits per heavy atom. The number of nitrogens with two attached hydrogens (primary N) is 1. The van der Waals surface area contributed by atoms with Gasteiger partial charge in [0, 0.05) is 0 Å². The van der Waals surface area contributed by atoms with Crippen LogP contribution >= 0.6 is 7.75 Å². The summed E-state index contributed by atoms with van der Waals surface area (Å²) < 4.78 is 74.5. The molecule has 44 heavy (non-hydrogen) atoms. The van der Waals surface area contributed by atoms with Crippen molar-refractivity contribution < 1.29 is 46.5 Å². The van der Waals surface area contributed by atoms with Crippen LogP contribution in [-0.2, 0) is 23.4 Å². The van der Waals surface area contributed by atoms with Crippen molar-refractivity contribution in [2.24, 2.45) is 0 Å². The lowest BCUT2D eigenvalue weighted by Crippen LogP contribution is -2.47. The number of halogens is 2. The number of nitrogens with one attached hydrogen (secondary N) is 1. The molecular formula is C27H37F2N6O8P. The van der Waals surface area contributed by atoms with Crippen LogP contribution in [0.25, 0.3) is 11.2 Å². The van der Waals surface area contributed by atoms with Crippen molar-refractivity contribution in [3.05, 3.63) is 36.7 Å². The van der Waals surface area contributed by atoms with E-state index in [1.54, 1.807) is 25.1 Å². The second kappa shape index (κ2) is 13.3. The fraction of sp³-hybridized carbons (Fsp3) is 0.556. The molecule has 4 rings (SSSR count). The van der Waals surface area contributed by atoms with Crippen LogP contribution in [0.15, 0.2) is 36.7 Å². The number of imidazole rings is 1. The summed E-state index contributed by atoms with van der Waals surface area (Å²) in [5.41, 5.74) is 3.05.